The molecule has 0 aromatic carbocycles. The zero-order valence-corrected chi connectivity index (χ0v) is 11.6. The molecule has 1 rings (SSSR count). The monoisotopic (exact) mass is 331 g/mol. The Morgan fingerprint density at radius 2 is 2.00 bits per heavy atom. The molecule has 3 nitrogen and oxygen atoms in total. The third-order valence-electron chi connectivity index (χ3n) is 2.45. The van der Waals surface area contributed by atoms with Crippen molar-refractivity contribution in [2.24, 2.45) is 11.8 Å². The van der Waals surface area contributed by atoms with Crippen LogP contribution in [0.15, 0.2) is 0 Å². The molecular formula is C9H18INO2S. The predicted octanol–water partition coefficient (Wildman–Crippen LogP) is 1.78. The molecule has 1 unspecified atom stereocenters. The van der Waals surface area contributed by atoms with Gasteiger partial charge in [-0.2, -0.15) is 0 Å². The van der Waals surface area contributed by atoms with E-state index in [1.165, 1.54) is 0 Å². The minimum Gasteiger partial charge on any atom is -0.212 e. The summed E-state index contributed by atoms with van der Waals surface area (Å²) in [6.07, 6.45) is 2.16. The molecule has 0 aromatic rings. The lowest BCUT2D eigenvalue weighted by Crippen LogP contribution is -2.41. The summed E-state index contributed by atoms with van der Waals surface area (Å²) in [4.78, 5) is 0. The van der Waals surface area contributed by atoms with Crippen LogP contribution in [-0.2, 0) is 10.0 Å². The van der Waals surface area contributed by atoms with E-state index < -0.39 is 10.0 Å². The molecular weight excluding hydrogens is 313 g/mol. The summed E-state index contributed by atoms with van der Waals surface area (Å²) >= 11 is 2.23. The molecule has 0 aromatic heterocycles. The van der Waals surface area contributed by atoms with E-state index in [9.17, 15) is 8.42 Å². The van der Waals surface area contributed by atoms with E-state index in [4.69, 9.17) is 0 Å². The predicted molar refractivity (Wildman–Crippen MR) is 67.2 cm³/mol. The highest BCUT2D eigenvalue weighted by Crippen LogP contribution is 2.30. The standard InChI is InChI=1S/C9H18INO2S/c1-7(2)9(5-10)11-14(12,13)6-8-3-4-8/h7-9,11H,3-6H2,1-2H3. The molecule has 84 valence electrons. The van der Waals surface area contributed by atoms with Crippen LogP contribution in [0.3, 0.4) is 0 Å². The molecule has 1 N–H and O–H groups in total. The Morgan fingerprint density at radius 3 is 2.36 bits per heavy atom. The van der Waals surface area contributed by atoms with E-state index in [1.54, 1.807) is 0 Å². The first kappa shape index (κ1) is 12.7. The molecule has 1 saturated carbocycles. The van der Waals surface area contributed by atoms with Crippen LogP contribution in [-0.4, -0.2) is 24.6 Å². The second-order valence-corrected chi connectivity index (χ2v) is 7.03. The molecule has 0 aliphatic heterocycles. The first-order chi connectivity index (χ1) is 6.44. The van der Waals surface area contributed by atoms with Crippen LogP contribution in [0.1, 0.15) is 26.7 Å². The van der Waals surface area contributed by atoms with Crippen molar-refractivity contribution in [3.8, 4) is 0 Å². The molecule has 0 spiro atoms. The highest BCUT2D eigenvalue weighted by atomic mass is 127. The third kappa shape index (κ3) is 4.44. The fraction of sp³-hybridized carbons (Fsp3) is 1.00. The van der Waals surface area contributed by atoms with Crippen LogP contribution in [0, 0.1) is 11.8 Å². The second-order valence-electron chi connectivity index (χ2n) is 4.35. The molecule has 14 heavy (non-hydrogen) atoms. The molecule has 1 aliphatic rings. The average molecular weight is 331 g/mol. The molecule has 1 atom stereocenters. The first-order valence-corrected chi connectivity index (χ1v) is 8.18. The summed E-state index contributed by atoms with van der Waals surface area (Å²) in [5.74, 6) is 1.11. The summed E-state index contributed by atoms with van der Waals surface area (Å²) in [7, 11) is -3.03. The lowest BCUT2D eigenvalue weighted by atomic mass is 10.1. The topological polar surface area (TPSA) is 46.2 Å². The van der Waals surface area contributed by atoms with Crippen molar-refractivity contribution in [1.29, 1.82) is 0 Å². The van der Waals surface area contributed by atoms with Crippen molar-refractivity contribution in [1.82, 2.24) is 4.72 Å². The van der Waals surface area contributed by atoms with Crippen LogP contribution < -0.4 is 4.72 Å². The maximum absolute atomic E-state index is 11.6. The lowest BCUT2D eigenvalue weighted by molar-refractivity contribution is 0.485. The number of rotatable bonds is 6. The van der Waals surface area contributed by atoms with Gasteiger partial charge in [-0.1, -0.05) is 36.4 Å². The fourth-order valence-electron chi connectivity index (χ4n) is 1.22. The van der Waals surface area contributed by atoms with Gasteiger partial charge in [-0.3, -0.25) is 0 Å². The van der Waals surface area contributed by atoms with Gasteiger partial charge >= 0.3 is 0 Å². The largest absolute Gasteiger partial charge is 0.212 e. The van der Waals surface area contributed by atoms with Crippen molar-refractivity contribution in [3.63, 3.8) is 0 Å². The van der Waals surface area contributed by atoms with Crippen molar-refractivity contribution >= 4 is 32.6 Å². The maximum Gasteiger partial charge on any atom is 0.212 e. The van der Waals surface area contributed by atoms with Gasteiger partial charge in [-0.25, -0.2) is 13.1 Å². The molecule has 5 heteroatoms. The summed E-state index contributed by atoms with van der Waals surface area (Å²) < 4.78 is 26.9. The molecule has 1 aliphatic carbocycles. The Hall–Kier alpha value is 0.640. The minimum absolute atomic E-state index is 0.0827. The fourth-order valence-corrected chi connectivity index (χ4v) is 4.62. The third-order valence-corrected chi connectivity index (χ3v) is 4.97. The summed E-state index contributed by atoms with van der Waals surface area (Å²) in [6, 6.07) is 0.0827. The summed E-state index contributed by atoms with van der Waals surface area (Å²) in [6.45, 7) is 4.09. The molecule has 0 heterocycles. The van der Waals surface area contributed by atoms with E-state index in [1.807, 2.05) is 13.8 Å². The Kier molecular flexibility index (Phi) is 4.64. The van der Waals surface area contributed by atoms with E-state index in [-0.39, 0.29) is 6.04 Å². The van der Waals surface area contributed by atoms with Crippen molar-refractivity contribution in [3.05, 3.63) is 0 Å². The van der Waals surface area contributed by atoms with Gasteiger partial charge in [-0.05, 0) is 24.7 Å². The van der Waals surface area contributed by atoms with Gasteiger partial charge < -0.3 is 0 Å². The number of halogens is 1. The van der Waals surface area contributed by atoms with Crippen LogP contribution >= 0.6 is 22.6 Å². The SMILES string of the molecule is CC(C)C(CI)NS(=O)(=O)CC1CC1. The highest BCUT2D eigenvalue weighted by Gasteiger charge is 2.29. The van der Waals surface area contributed by atoms with Gasteiger partial charge in [0.2, 0.25) is 10.0 Å². The van der Waals surface area contributed by atoms with Crippen molar-refractivity contribution in [2.45, 2.75) is 32.7 Å². The smallest absolute Gasteiger partial charge is 0.212 e. The van der Waals surface area contributed by atoms with E-state index in [0.29, 0.717) is 17.6 Å². The van der Waals surface area contributed by atoms with E-state index in [2.05, 4.69) is 27.3 Å². The van der Waals surface area contributed by atoms with E-state index in [0.717, 1.165) is 17.3 Å². The van der Waals surface area contributed by atoms with Crippen molar-refractivity contribution < 1.29 is 8.42 Å². The lowest BCUT2D eigenvalue weighted by Gasteiger charge is -2.19. The average Bonchev–Trinajstić information content (AvgIpc) is 2.82. The number of hydrogen-bond donors (Lipinski definition) is 1. The zero-order valence-electron chi connectivity index (χ0n) is 8.66. The first-order valence-electron chi connectivity index (χ1n) is 5.00. The number of alkyl halides is 1. The van der Waals surface area contributed by atoms with Crippen LogP contribution in [0.5, 0.6) is 0 Å². The molecule has 1 fully saturated rings. The molecule has 0 bridgehead atoms. The van der Waals surface area contributed by atoms with Gasteiger partial charge in [0.25, 0.3) is 0 Å². The van der Waals surface area contributed by atoms with Crippen molar-refractivity contribution in [2.75, 3.05) is 10.2 Å². The van der Waals surface area contributed by atoms with Crippen LogP contribution in [0.4, 0.5) is 0 Å². The minimum atomic E-state index is -3.03. The van der Waals surface area contributed by atoms with Gasteiger partial charge in [0.1, 0.15) is 0 Å². The normalized spacial score (nSPS) is 20.0. The van der Waals surface area contributed by atoms with E-state index >= 15 is 0 Å². The number of hydrogen-bond acceptors (Lipinski definition) is 2. The Bertz CT molecular complexity index is 273. The van der Waals surface area contributed by atoms with Gasteiger partial charge in [-0.15, -0.1) is 0 Å². The number of nitrogens with one attached hydrogen (secondary N) is 1. The Labute approximate surface area is 100 Å². The van der Waals surface area contributed by atoms with Gasteiger partial charge in [0, 0.05) is 10.5 Å². The summed E-state index contributed by atoms with van der Waals surface area (Å²) in [5, 5.41) is 0. The Morgan fingerprint density at radius 1 is 1.43 bits per heavy atom. The Balaban J connectivity index is 2.46. The zero-order chi connectivity index (χ0) is 10.8. The molecule has 0 radical (unpaired) electrons. The summed E-state index contributed by atoms with van der Waals surface area (Å²) in [5.41, 5.74) is 0. The molecule has 0 amide bonds. The van der Waals surface area contributed by atoms with Crippen LogP contribution in [0.2, 0.25) is 0 Å². The maximum atomic E-state index is 11.6. The quantitative estimate of drug-likeness (QED) is 0.596. The van der Waals surface area contributed by atoms with Gasteiger partial charge in [0.15, 0.2) is 0 Å². The number of sulfonamides is 1. The van der Waals surface area contributed by atoms with Crippen LogP contribution in [0.25, 0.3) is 0 Å². The van der Waals surface area contributed by atoms with Gasteiger partial charge in [0.05, 0.1) is 5.75 Å². The second kappa shape index (κ2) is 5.12. The molecule has 0 saturated heterocycles. The highest BCUT2D eigenvalue weighted by molar-refractivity contribution is 14.1.